The van der Waals surface area contributed by atoms with Crippen molar-refractivity contribution >= 4 is 11.9 Å². The quantitative estimate of drug-likeness (QED) is 0.0980. The molecule has 0 bridgehead atoms. The second kappa shape index (κ2) is 19.0. The molecule has 2 aromatic carbocycles. The number of aliphatic hydroxyl groups excluding tert-OH is 2. The molecule has 0 spiro atoms. The van der Waals surface area contributed by atoms with Gasteiger partial charge in [-0.15, -0.1) is 0 Å². The van der Waals surface area contributed by atoms with Crippen LogP contribution in [0.15, 0.2) is 66.8 Å². The van der Waals surface area contributed by atoms with E-state index in [0.29, 0.717) is 29.3 Å². The minimum Gasteiger partial charge on any atom is -0.490 e. The Balaban J connectivity index is 1.33. The number of halogens is 3. The number of esters is 2. The molecule has 0 atom stereocenters. The Morgan fingerprint density at radius 3 is 1.62 bits per heavy atom. The average Bonchev–Trinajstić information content (AvgIpc) is 3.13. The van der Waals surface area contributed by atoms with Crippen LogP contribution in [0, 0.1) is 17.8 Å². The molecule has 2 aliphatic rings. The van der Waals surface area contributed by atoms with Gasteiger partial charge in [-0.1, -0.05) is 50.3 Å². The maximum atomic E-state index is 12.6. The molecule has 0 aromatic heterocycles. The fraction of sp³-hybridized carbons (Fsp3) is 0.538. The van der Waals surface area contributed by atoms with E-state index in [1.54, 1.807) is 6.07 Å². The Labute approximate surface area is 292 Å². The molecule has 2 aliphatic carbocycles. The normalized spacial score (nSPS) is 20.8. The first-order valence-electron chi connectivity index (χ1n) is 17.4. The van der Waals surface area contributed by atoms with E-state index >= 15 is 0 Å². The summed E-state index contributed by atoms with van der Waals surface area (Å²) in [6.45, 7) is 5.89. The summed E-state index contributed by atoms with van der Waals surface area (Å²) in [5.41, 5.74) is 2.95. The molecule has 50 heavy (non-hydrogen) atoms. The number of rotatable bonds is 17. The molecule has 274 valence electrons. The van der Waals surface area contributed by atoms with Gasteiger partial charge in [-0.05, 0) is 97.4 Å². The number of hydrogen-bond donors (Lipinski definition) is 2. The lowest BCUT2D eigenvalue weighted by Gasteiger charge is -2.38. The summed E-state index contributed by atoms with van der Waals surface area (Å²) in [6, 6.07) is 13.8. The minimum absolute atomic E-state index is 0.0502. The van der Waals surface area contributed by atoms with Crippen molar-refractivity contribution in [3.8, 4) is 22.6 Å². The van der Waals surface area contributed by atoms with E-state index in [1.165, 1.54) is 5.56 Å². The largest absolute Gasteiger partial charge is 0.490 e. The lowest BCUT2D eigenvalue weighted by Crippen LogP contribution is -2.26. The number of ether oxygens (including phenoxy) is 4. The van der Waals surface area contributed by atoms with Gasteiger partial charge in [0.2, 0.25) is 0 Å². The molecular formula is C39H49F3O8. The summed E-state index contributed by atoms with van der Waals surface area (Å²) in [4.78, 5) is 23.6. The zero-order valence-corrected chi connectivity index (χ0v) is 28.6. The fourth-order valence-electron chi connectivity index (χ4n) is 7.01. The lowest BCUT2D eigenvalue weighted by molar-refractivity contribution is -0.141. The Morgan fingerprint density at radius 2 is 1.16 bits per heavy atom. The van der Waals surface area contributed by atoms with E-state index < -0.39 is 37.7 Å². The molecule has 4 rings (SSSR count). The third-order valence-electron chi connectivity index (χ3n) is 9.89. The molecule has 11 heteroatoms. The van der Waals surface area contributed by atoms with Crippen molar-refractivity contribution in [3.05, 3.63) is 72.3 Å². The molecular weight excluding hydrogens is 653 g/mol. The molecule has 2 fully saturated rings. The van der Waals surface area contributed by atoms with E-state index in [0.717, 1.165) is 62.5 Å². The zero-order chi connectivity index (χ0) is 36.1. The summed E-state index contributed by atoms with van der Waals surface area (Å²) < 4.78 is 59.8. The van der Waals surface area contributed by atoms with Crippen LogP contribution in [0.5, 0.6) is 11.5 Å². The predicted molar refractivity (Wildman–Crippen MR) is 183 cm³/mol. The van der Waals surface area contributed by atoms with Gasteiger partial charge in [-0.25, -0.2) is 9.59 Å². The first kappa shape index (κ1) is 39.0. The molecule has 0 aliphatic heterocycles. The predicted octanol–water partition coefficient (Wildman–Crippen LogP) is 7.72. The van der Waals surface area contributed by atoms with E-state index in [-0.39, 0.29) is 49.9 Å². The van der Waals surface area contributed by atoms with Crippen LogP contribution in [0.3, 0.4) is 0 Å². The Morgan fingerprint density at radius 1 is 0.680 bits per heavy atom. The zero-order valence-electron chi connectivity index (χ0n) is 28.6. The molecule has 0 unspecified atom stereocenters. The number of aliphatic hydroxyl groups is 2. The summed E-state index contributed by atoms with van der Waals surface area (Å²) >= 11 is 0. The van der Waals surface area contributed by atoms with Gasteiger partial charge in [-0.2, -0.15) is 13.2 Å². The van der Waals surface area contributed by atoms with Crippen molar-refractivity contribution < 1.29 is 51.9 Å². The summed E-state index contributed by atoms with van der Waals surface area (Å²) in [5, 5.41) is 18.1. The van der Waals surface area contributed by atoms with Crippen molar-refractivity contribution in [3.63, 3.8) is 0 Å². The highest BCUT2D eigenvalue weighted by Crippen LogP contribution is 2.45. The summed E-state index contributed by atoms with van der Waals surface area (Å²) in [7, 11) is 0. The van der Waals surface area contributed by atoms with Crippen molar-refractivity contribution in [1.29, 1.82) is 0 Å². The molecule has 0 saturated heterocycles. The number of hydrogen-bond acceptors (Lipinski definition) is 8. The first-order valence-corrected chi connectivity index (χ1v) is 17.4. The van der Waals surface area contributed by atoms with Crippen molar-refractivity contribution in [2.75, 3.05) is 39.6 Å². The van der Waals surface area contributed by atoms with E-state index in [1.807, 2.05) is 12.1 Å². The van der Waals surface area contributed by atoms with Crippen LogP contribution in [0.2, 0.25) is 0 Å². The SMILES string of the molecule is C=C(CO)C(=O)OCCOc1cc(OCCOC(=O)C(=C)CO)cc(-c2ccc(C3CCC(C4CCC(CCC(F)(F)F)CC4)CC3)cc2)c1. The van der Waals surface area contributed by atoms with E-state index in [2.05, 4.69) is 37.4 Å². The maximum absolute atomic E-state index is 12.6. The molecule has 2 saturated carbocycles. The van der Waals surface area contributed by atoms with E-state index in [4.69, 9.17) is 29.2 Å². The van der Waals surface area contributed by atoms with Crippen molar-refractivity contribution in [2.24, 2.45) is 17.8 Å². The van der Waals surface area contributed by atoms with Gasteiger partial charge in [0.25, 0.3) is 0 Å². The lowest BCUT2D eigenvalue weighted by atomic mass is 9.68. The highest BCUT2D eigenvalue weighted by Gasteiger charge is 2.33. The molecule has 2 N–H and O–H groups in total. The van der Waals surface area contributed by atoms with Gasteiger partial charge in [0.15, 0.2) is 0 Å². The van der Waals surface area contributed by atoms with Crippen LogP contribution in [-0.2, 0) is 19.1 Å². The van der Waals surface area contributed by atoms with Crippen LogP contribution in [0.1, 0.15) is 75.7 Å². The van der Waals surface area contributed by atoms with Gasteiger partial charge in [0.05, 0.1) is 24.4 Å². The van der Waals surface area contributed by atoms with Crippen LogP contribution >= 0.6 is 0 Å². The minimum atomic E-state index is -4.06. The third-order valence-corrected chi connectivity index (χ3v) is 9.89. The molecule has 8 nitrogen and oxygen atoms in total. The number of carbonyl (C=O) groups is 2. The number of benzene rings is 2. The smallest absolute Gasteiger partial charge is 0.389 e. The van der Waals surface area contributed by atoms with Crippen LogP contribution in [0.4, 0.5) is 13.2 Å². The fourth-order valence-corrected chi connectivity index (χ4v) is 7.01. The maximum Gasteiger partial charge on any atom is 0.389 e. The monoisotopic (exact) mass is 702 g/mol. The van der Waals surface area contributed by atoms with Gasteiger partial charge in [-0.3, -0.25) is 0 Å². The summed E-state index contributed by atoms with van der Waals surface area (Å²) in [5.74, 6) is 1.50. The standard InChI is InChI=1S/C39H49F3O8/c1-26(24-43)37(45)49-19-17-47-35-21-34(22-36(23-35)48-18-20-50-38(46)27(2)25-44)33-13-11-32(12-14-33)31-9-7-30(8-10-31)29-5-3-28(4-6-29)15-16-39(40,41)42/h11-14,21-23,28-31,43-44H,1-10,15-20,24-25H2. The first-order chi connectivity index (χ1) is 24.0. The van der Waals surface area contributed by atoms with Crippen molar-refractivity contribution in [2.45, 2.75) is 76.3 Å². The van der Waals surface area contributed by atoms with Gasteiger partial charge >= 0.3 is 18.1 Å². The topological polar surface area (TPSA) is 112 Å². The molecule has 0 heterocycles. The van der Waals surface area contributed by atoms with Crippen LogP contribution in [-0.4, -0.2) is 68.0 Å². The van der Waals surface area contributed by atoms with Gasteiger partial charge in [0, 0.05) is 12.5 Å². The number of alkyl halides is 3. The molecule has 0 amide bonds. The second-order valence-electron chi connectivity index (χ2n) is 13.4. The Bertz CT molecular complexity index is 1370. The van der Waals surface area contributed by atoms with Crippen molar-refractivity contribution in [1.82, 2.24) is 0 Å². The average molecular weight is 703 g/mol. The second-order valence-corrected chi connectivity index (χ2v) is 13.4. The van der Waals surface area contributed by atoms with Crippen LogP contribution in [0.25, 0.3) is 11.1 Å². The molecule has 0 radical (unpaired) electrons. The van der Waals surface area contributed by atoms with Gasteiger partial charge in [0.1, 0.15) is 37.9 Å². The highest BCUT2D eigenvalue weighted by atomic mass is 19.4. The summed E-state index contributed by atoms with van der Waals surface area (Å²) in [6.07, 6.45) is 4.00. The third kappa shape index (κ3) is 12.2. The van der Waals surface area contributed by atoms with E-state index in [9.17, 15) is 22.8 Å². The van der Waals surface area contributed by atoms with Gasteiger partial charge < -0.3 is 29.2 Å². The Hall–Kier alpha value is -3.83. The van der Waals surface area contributed by atoms with Crippen LogP contribution < -0.4 is 9.47 Å². The molecule has 2 aromatic rings. The number of carbonyl (C=O) groups excluding carboxylic acids is 2. The Kier molecular flexibility index (Phi) is 14.8. The highest BCUT2D eigenvalue weighted by molar-refractivity contribution is 5.88.